The standard InChI is InChI=1S/C18H24N2O/c1-12-9-14(11-18(2,3)10-12)21-15-6-4-5-13-7-8-16(19)20-17(13)15/h4-8,12,14H,9-11H2,1-3H3,(H2,19,20)/t12-,14-/m0/s1. The van der Waals surface area contributed by atoms with Crippen molar-refractivity contribution >= 4 is 16.7 Å². The van der Waals surface area contributed by atoms with Gasteiger partial charge in [-0.15, -0.1) is 0 Å². The molecule has 112 valence electrons. The molecule has 0 aliphatic heterocycles. The van der Waals surface area contributed by atoms with Crippen LogP contribution in [0.15, 0.2) is 30.3 Å². The lowest BCUT2D eigenvalue weighted by atomic mass is 9.71. The predicted molar refractivity (Wildman–Crippen MR) is 87.4 cm³/mol. The first-order valence-electron chi connectivity index (χ1n) is 7.75. The van der Waals surface area contributed by atoms with Crippen LogP contribution in [0, 0.1) is 11.3 Å². The topological polar surface area (TPSA) is 48.1 Å². The van der Waals surface area contributed by atoms with Crippen LogP contribution in [0.1, 0.15) is 40.0 Å². The van der Waals surface area contributed by atoms with E-state index < -0.39 is 0 Å². The number of rotatable bonds is 2. The van der Waals surface area contributed by atoms with Gasteiger partial charge in [-0.1, -0.05) is 32.9 Å². The summed E-state index contributed by atoms with van der Waals surface area (Å²) in [5.41, 5.74) is 7.04. The number of aromatic nitrogens is 1. The van der Waals surface area contributed by atoms with Crippen molar-refractivity contribution < 1.29 is 4.74 Å². The van der Waals surface area contributed by atoms with Crippen molar-refractivity contribution in [1.82, 2.24) is 4.98 Å². The van der Waals surface area contributed by atoms with Gasteiger partial charge in [0.15, 0.2) is 0 Å². The van der Waals surface area contributed by atoms with Crippen LogP contribution in [-0.4, -0.2) is 11.1 Å². The molecule has 0 spiro atoms. The Morgan fingerprint density at radius 3 is 2.76 bits per heavy atom. The van der Waals surface area contributed by atoms with E-state index >= 15 is 0 Å². The first-order chi connectivity index (χ1) is 9.93. The van der Waals surface area contributed by atoms with Crippen molar-refractivity contribution in [2.45, 2.75) is 46.1 Å². The minimum atomic E-state index is 0.262. The van der Waals surface area contributed by atoms with E-state index in [1.807, 2.05) is 30.3 Å². The largest absolute Gasteiger partial charge is 0.488 e. The zero-order valence-electron chi connectivity index (χ0n) is 13.1. The molecule has 1 aliphatic rings. The van der Waals surface area contributed by atoms with Gasteiger partial charge in [0.05, 0.1) is 6.10 Å². The Labute approximate surface area is 126 Å². The second-order valence-corrected chi connectivity index (χ2v) is 7.22. The Kier molecular flexibility index (Phi) is 3.52. The molecule has 0 amide bonds. The van der Waals surface area contributed by atoms with Crippen LogP contribution in [0.5, 0.6) is 5.75 Å². The van der Waals surface area contributed by atoms with Crippen LogP contribution in [0.4, 0.5) is 5.82 Å². The molecule has 2 aromatic rings. The van der Waals surface area contributed by atoms with Gasteiger partial charge in [-0.05, 0) is 48.8 Å². The summed E-state index contributed by atoms with van der Waals surface area (Å²) >= 11 is 0. The van der Waals surface area contributed by atoms with Crippen LogP contribution in [0.3, 0.4) is 0 Å². The zero-order valence-corrected chi connectivity index (χ0v) is 13.1. The highest BCUT2D eigenvalue weighted by Crippen LogP contribution is 2.40. The molecule has 3 heteroatoms. The van der Waals surface area contributed by atoms with Gasteiger partial charge in [0.2, 0.25) is 0 Å². The summed E-state index contributed by atoms with van der Waals surface area (Å²) in [4.78, 5) is 4.45. The molecule has 3 nitrogen and oxygen atoms in total. The number of pyridine rings is 1. The molecular weight excluding hydrogens is 260 g/mol. The molecule has 21 heavy (non-hydrogen) atoms. The second kappa shape index (κ2) is 5.21. The molecule has 0 radical (unpaired) electrons. The summed E-state index contributed by atoms with van der Waals surface area (Å²) in [7, 11) is 0. The number of fused-ring (bicyclic) bond motifs is 1. The number of para-hydroxylation sites is 1. The zero-order chi connectivity index (χ0) is 15.0. The van der Waals surface area contributed by atoms with E-state index in [2.05, 4.69) is 25.8 Å². The molecule has 3 rings (SSSR count). The Morgan fingerprint density at radius 1 is 1.19 bits per heavy atom. The number of anilines is 1. The van der Waals surface area contributed by atoms with E-state index in [-0.39, 0.29) is 6.10 Å². The summed E-state index contributed by atoms with van der Waals surface area (Å²) in [5, 5.41) is 1.07. The molecule has 1 aliphatic carbocycles. The second-order valence-electron chi connectivity index (χ2n) is 7.22. The van der Waals surface area contributed by atoms with Crippen molar-refractivity contribution in [3.8, 4) is 5.75 Å². The number of nitrogen functional groups attached to an aromatic ring is 1. The highest BCUT2D eigenvalue weighted by atomic mass is 16.5. The number of hydrogen-bond donors (Lipinski definition) is 1. The highest BCUT2D eigenvalue weighted by Gasteiger charge is 2.33. The van der Waals surface area contributed by atoms with Gasteiger partial charge in [0.1, 0.15) is 17.1 Å². The van der Waals surface area contributed by atoms with Gasteiger partial charge in [-0.25, -0.2) is 4.98 Å². The van der Waals surface area contributed by atoms with Crippen LogP contribution < -0.4 is 10.5 Å². The van der Waals surface area contributed by atoms with E-state index in [0.717, 1.165) is 29.5 Å². The van der Waals surface area contributed by atoms with Crippen molar-refractivity contribution in [2.75, 3.05) is 5.73 Å². The number of hydrogen-bond acceptors (Lipinski definition) is 3. The number of ether oxygens (including phenoxy) is 1. The van der Waals surface area contributed by atoms with Crippen LogP contribution >= 0.6 is 0 Å². The molecule has 2 N–H and O–H groups in total. The number of nitrogens with zero attached hydrogens (tertiary/aromatic N) is 1. The minimum Gasteiger partial charge on any atom is -0.488 e. The van der Waals surface area contributed by atoms with Gasteiger partial charge in [0, 0.05) is 5.39 Å². The first-order valence-corrected chi connectivity index (χ1v) is 7.75. The maximum atomic E-state index is 6.31. The molecule has 0 unspecified atom stereocenters. The first kappa shape index (κ1) is 14.2. The fraction of sp³-hybridized carbons (Fsp3) is 0.500. The third kappa shape index (κ3) is 3.12. The lowest BCUT2D eigenvalue weighted by molar-refractivity contribution is 0.0571. The monoisotopic (exact) mass is 284 g/mol. The summed E-state index contributed by atoms with van der Waals surface area (Å²) in [5.74, 6) is 2.09. The SMILES string of the molecule is C[C@H]1C[C@H](Oc2cccc3ccc(N)nc23)CC(C)(C)C1. The molecule has 1 saturated carbocycles. The van der Waals surface area contributed by atoms with E-state index in [4.69, 9.17) is 10.5 Å². The molecule has 0 bridgehead atoms. The smallest absolute Gasteiger partial charge is 0.146 e. The lowest BCUT2D eigenvalue weighted by Gasteiger charge is -2.38. The summed E-state index contributed by atoms with van der Waals surface area (Å²) < 4.78 is 6.31. The molecular formula is C18H24N2O. The van der Waals surface area contributed by atoms with Gasteiger partial charge in [-0.2, -0.15) is 0 Å². The molecule has 1 aromatic carbocycles. The van der Waals surface area contributed by atoms with Gasteiger partial charge < -0.3 is 10.5 Å². The van der Waals surface area contributed by atoms with E-state index in [1.165, 1.54) is 6.42 Å². The summed E-state index contributed by atoms with van der Waals surface area (Å²) in [6, 6.07) is 9.89. The molecule has 1 aromatic heterocycles. The lowest BCUT2D eigenvalue weighted by Crippen LogP contribution is -2.34. The van der Waals surface area contributed by atoms with Gasteiger partial charge in [-0.3, -0.25) is 0 Å². The van der Waals surface area contributed by atoms with E-state index in [9.17, 15) is 0 Å². The maximum absolute atomic E-state index is 6.31. The van der Waals surface area contributed by atoms with Crippen molar-refractivity contribution in [3.05, 3.63) is 30.3 Å². The normalized spacial score (nSPS) is 24.9. The Bertz CT molecular complexity index is 651. The average molecular weight is 284 g/mol. The fourth-order valence-electron chi connectivity index (χ4n) is 3.76. The average Bonchev–Trinajstić information content (AvgIpc) is 2.37. The molecule has 1 heterocycles. The van der Waals surface area contributed by atoms with Crippen LogP contribution in [0.25, 0.3) is 10.9 Å². The molecule has 2 atom stereocenters. The van der Waals surface area contributed by atoms with Crippen molar-refractivity contribution in [2.24, 2.45) is 11.3 Å². The van der Waals surface area contributed by atoms with E-state index in [0.29, 0.717) is 17.2 Å². The number of benzene rings is 1. The molecule has 0 saturated heterocycles. The third-order valence-electron chi connectivity index (χ3n) is 4.34. The van der Waals surface area contributed by atoms with E-state index in [1.54, 1.807) is 0 Å². The van der Waals surface area contributed by atoms with Crippen molar-refractivity contribution in [3.63, 3.8) is 0 Å². The highest BCUT2D eigenvalue weighted by molar-refractivity contribution is 5.85. The summed E-state index contributed by atoms with van der Waals surface area (Å²) in [6.07, 6.45) is 3.74. The molecule has 1 fully saturated rings. The predicted octanol–water partition coefficient (Wildman–Crippen LogP) is 4.41. The van der Waals surface area contributed by atoms with Crippen LogP contribution in [0.2, 0.25) is 0 Å². The Morgan fingerprint density at radius 2 is 2.00 bits per heavy atom. The Hall–Kier alpha value is -1.77. The van der Waals surface area contributed by atoms with Crippen LogP contribution in [-0.2, 0) is 0 Å². The maximum Gasteiger partial charge on any atom is 0.146 e. The summed E-state index contributed by atoms with van der Waals surface area (Å²) in [6.45, 7) is 6.98. The fourth-order valence-corrected chi connectivity index (χ4v) is 3.76. The third-order valence-corrected chi connectivity index (χ3v) is 4.34. The van der Waals surface area contributed by atoms with Gasteiger partial charge in [0.25, 0.3) is 0 Å². The Balaban J connectivity index is 1.89. The van der Waals surface area contributed by atoms with Crippen molar-refractivity contribution in [1.29, 1.82) is 0 Å². The number of nitrogens with two attached hydrogens (primary N) is 1. The minimum absolute atomic E-state index is 0.262. The quantitative estimate of drug-likeness (QED) is 0.888. The van der Waals surface area contributed by atoms with Gasteiger partial charge >= 0.3 is 0 Å².